The Morgan fingerprint density at radius 1 is 1.14 bits per heavy atom. The topological polar surface area (TPSA) is 53.1 Å². The molecule has 1 aliphatic rings. The standard InChI is InChI=1S/C16H29N5/c1-5-13-19-14(17-6-2)11-15(20-13)18-12-16(3)7-9-21(4)10-8-16/h11H,5-10,12H2,1-4H3,(H2,17,18,19,20). The normalized spacial score (nSPS) is 18.5. The fourth-order valence-electron chi connectivity index (χ4n) is 2.66. The van der Waals surface area contributed by atoms with Gasteiger partial charge in [0, 0.05) is 25.6 Å². The van der Waals surface area contributed by atoms with E-state index in [4.69, 9.17) is 0 Å². The number of rotatable bonds is 6. The summed E-state index contributed by atoms with van der Waals surface area (Å²) >= 11 is 0. The van der Waals surface area contributed by atoms with E-state index in [2.05, 4.69) is 53.3 Å². The zero-order valence-corrected chi connectivity index (χ0v) is 13.9. The van der Waals surface area contributed by atoms with Crippen LogP contribution < -0.4 is 10.6 Å². The summed E-state index contributed by atoms with van der Waals surface area (Å²) in [4.78, 5) is 11.5. The van der Waals surface area contributed by atoms with Gasteiger partial charge < -0.3 is 15.5 Å². The molecule has 2 rings (SSSR count). The maximum Gasteiger partial charge on any atom is 0.132 e. The first-order valence-electron chi connectivity index (χ1n) is 8.09. The summed E-state index contributed by atoms with van der Waals surface area (Å²) in [6, 6.07) is 2.01. The van der Waals surface area contributed by atoms with Crippen LogP contribution in [0.5, 0.6) is 0 Å². The Kier molecular flexibility index (Phi) is 5.39. The third-order valence-electron chi connectivity index (χ3n) is 4.34. The highest BCUT2D eigenvalue weighted by Gasteiger charge is 2.28. The third-order valence-corrected chi connectivity index (χ3v) is 4.34. The van der Waals surface area contributed by atoms with Crippen molar-refractivity contribution in [3.05, 3.63) is 11.9 Å². The van der Waals surface area contributed by atoms with E-state index in [-0.39, 0.29) is 0 Å². The van der Waals surface area contributed by atoms with Gasteiger partial charge in [0.1, 0.15) is 17.5 Å². The molecule has 21 heavy (non-hydrogen) atoms. The minimum Gasteiger partial charge on any atom is -0.370 e. The fourth-order valence-corrected chi connectivity index (χ4v) is 2.66. The van der Waals surface area contributed by atoms with Gasteiger partial charge in [-0.3, -0.25) is 0 Å². The van der Waals surface area contributed by atoms with Crippen LogP contribution in [0.4, 0.5) is 11.6 Å². The number of piperidine rings is 1. The summed E-state index contributed by atoms with van der Waals surface area (Å²) in [5, 5.41) is 6.81. The second kappa shape index (κ2) is 7.07. The molecule has 2 heterocycles. The zero-order chi connectivity index (χ0) is 15.3. The molecule has 0 bridgehead atoms. The van der Waals surface area contributed by atoms with Gasteiger partial charge >= 0.3 is 0 Å². The molecule has 0 amide bonds. The van der Waals surface area contributed by atoms with Crippen LogP contribution in [0.3, 0.4) is 0 Å². The van der Waals surface area contributed by atoms with Gasteiger partial charge in [-0.05, 0) is 45.3 Å². The molecule has 0 aliphatic carbocycles. The Morgan fingerprint density at radius 2 is 1.76 bits per heavy atom. The number of nitrogens with zero attached hydrogens (tertiary/aromatic N) is 3. The molecule has 1 fully saturated rings. The molecule has 1 aliphatic heterocycles. The first kappa shape index (κ1) is 16.0. The Bertz CT molecular complexity index is 452. The van der Waals surface area contributed by atoms with E-state index in [1.165, 1.54) is 25.9 Å². The molecule has 0 atom stereocenters. The zero-order valence-electron chi connectivity index (χ0n) is 13.9. The summed E-state index contributed by atoms with van der Waals surface area (Å²) in [6.07, 6.45) is 3.33. The molecule has 1 aromatic heterocycles. The van der Waals surface area contributed by atoms with Crippen molar-refractivity contribution in [1.82, 2.24) is 14.9 Å². The van der Waals surface area contributed by atoms with E-state index in [0.717, 1.165) is 37.0 Å². The van der Waals surface area contributed by atoms with E-state index in [1.807, 2.05) is 6.07 Å². The number of nitrogens with one attached hydrogen (secondary N) is 2. The minimum absolute atomic E-state index is 0.363. The lowest BCUT2D eigenvalue weighted by Crippen LogP contribution is -2.40. The van der Waals surface area contributed by atoms with E-state index in [1.54, 1.807) is 0 Å². The van der Waals surface area contributed by atoms with E-state index >= 15 is 0 Å². The summed E-state index contributed by atoms with van der Waals surface area (Å²) in [7, 11) is 2.20. The van der Waals surface area contributed by atoms with Crippen molar-refractivity contribution in [2.24, 2.45) is 5.41 Å². The lowest BCUT2D eigenvalue weighted by atomic mass is 9.80. The van der Waals surface area contributed by atoms with Gasteiger partial charge in [0.15, 0.2) is 0 Å². The first-order valence-corrected chi connectivity index (χ1v) is 8.09. The summed E-state index contributed by atoms with van der Waals surface area (Å²) in [5.74, 6) is 2.75. The van der Waals surface area contributed by atoms with Crippen molar-refractivity contribution in [2.45, 2.75) is 40.0 Å². The quantitative estimate of drug-likeness (QED) is 0.844. The van der Waals surface area contributed by atoms with Gasteiger partial charge in [0.05, 0.1) is 0 Å². The molecule has 0 spiro atoms. The van der Waals surface area contributed by atoms with Crippen molar-refractivity contribution < 1.29 is 0 Å². The third kappa shape index (κ3) is 4.56. The van der Waals surface area contributed by atoms with Crippen molar-refractivity contribution >= 4 is 11.6 Å². The summed E-state index contributed by atoms with van der Waals surface area (Å²) < 4.78 is 0. The van der Waals surface area contributed by atoms with Crippen LogP contribution in [0.1, 0.15) is 39.4 Å². The highest BCUT2D eigenvalue weighted by atomic mass is 15.1. The van der Waals surface area contributed by atoms with Crippen LogP contribution in [-0.2, 0) is 6.42 Å². The number of aromatic nitrogens is 2. The number of anilines is 2. The molecular weight excluding hydrogens is 262 g/mol. The van der Waals surface area contributed by atoms with Gasteiger partial charge in [0.2, 0.25) is 0 Å². The summed E-state index contributed by atoms with van der Waals surface area (Å²) in [5.41, 5.74) is 0.363. The largest absolute Gasteiger partial charge is 0.370 e. The van der Waals surface area contributed by atoms with Gasteiger partial charge in [0.25, 0.3) is 0 Å². The number of likely N-dealkylation sites (tertiary alicyclic amines) is 1. The van der Waals surface area contributed by atoms with E-state index < -0.39 is 0 Å². The van der Waals surface area contributed by atoms with Crippen LogP contribution in [0.2, 0.25) is 0 Å². The SMILES string of the molecule is CCNc1cc(NCC2(C)CCN(C)CC2)nc(CC)n1. The van der Waals surface area contributed by atoms with Gasteiger partial charge in [-0.1, -0.05) is 13.8 Å². The Labute approximate surface area is 128 Å². The van der Waals surface area contributed by atoms with Gasteiger partial charge in [-0.15, -0.1) is 0 Å². The molecule has 118 valence electrons. The van der Waals surface area contributed by atoms with Gasteiger partial charge in [-0.25, -0.2) is 9.97 Å². The Morgan fingerprint density at radius 3 is 2.33 bits per heavy atom. The second-order valence-corrected chi connectivity index (χ2v) is 6.41. The molecule has 1 saturated heterocycles. The average Bonchev–Trinajstić information content (AvgIpc) is 2.49. The van der Waals surface area contributed by atoms with Crippen molar-refractivity contribution in [3.8, 4) is 0 Å². The number of hydrogen-bond acceptors (Lipinski definition) is 5. The van der Waals surface area contributed by atoms with Crippen molar-refractivity contribution in [1.29, 1.82) is 0 Å². The molecule has 5 heteroatoms. The monoisotopic (exact) mass is 291 g/mol. The maximum atomic E-state index is 4.59. The average molecular weight is 291 g/mol. The Balaban J connectivity index is 2.00. The number of aryl methyl sites for hydroxylation is 1. The van der Waals surface area contributed by atoms with Crippen LogP contribution in [0.25, 0.3) is 0 Å². The molecule has 0 radical (unpaired) electrons. The van der Waals surface area contributed by atoms with Crippen LogP contribution >= 0.6 is 0 Å². The molecule has 0 aromatic carbocycles. The lowest BCUT2D eigenvalue weighted by molar-refractivity contribution is 0.150. The van der Waals surface area contributed by atoms with Gasteiger partial charge in [-0.2, -0.15) is 0 Å². The minimum atomic E-state index is 0.363. The van der Waals surface area contributed by atoms with Crippen molar-refractivity contribution in [2.75, 3.05) is 43.9 Å². The fraction of sp³-hybridized carbons (Fsp3) is 0.750. The predicted octanol–water partition coefficient (Wildman–Crippen LogP) is 2.61. The van der Waals surface area contributed by atoms with Crippen LogP contribution in [-0.4, -0.2) is 48.1 Å². The molecule has 2 N–H and O–H groups in total. The molecule has 1 aromatic rings. The molecule has 0 unspecified atom stereocenters. The van der Waals surface area contributed by atoms with E-state index in [0.29, 0.717) is 5.41 Å². The predicted molar refractivity (Wildman–Crippen MR) is 88.9 cm³/mol. The van der Waals surface area contributed by atoms with E-state index in [9.17, 15) is 0 Å². The smallest absolute Gasteiger partial charge is 0.132 e. The lowest BCUT2D eigenvalue weighted by Gasteiger charge is -2.38. The molecular formula is C16H29N5. The Hall–Kier alpha value is -1.36. The first-order chi connectivity index (χ1) is 10.0. The molecule has 5 nitrogen and oxygen atoms in total. The summed E-state index contributed by atoms with van der Waals surface area (Å²) in [6.45, 7) is 10.8. The van der Waals surface area contributed by atoms with Crippen LogP contribution in [0, 0.1) is 5.41 Å². The maximum absolute atomic E-state index is 4.59. The highest BCUT2D eigenvalue weighted by molar-refractivity contribution is 5.47. The van der Waals surface area contributed by atoms with Crippen LogP contribution in [0.15, 0.2) is 6.07 Å². The van der Waals surface area contributed by atoms with Crippen molar-refractivity contribution in [3.63, 3.8) is 0 Å². The molecule has 0 saturated carbocycles. The number of hydrogen-bond donors (Lipinski definition) is 2. The second-order valence-electron chi connectivity index (χ2n) is 6.41. The highest BCUT2D eigenvalue weighted by Crippen LogP contribution is 2.30.